The quantitative estimate of drug-likeness (QED) is 0.666. The van der Waals surface area contributed by atoms with Crippen LogP contribution in [0, 0.1) is 6.92 Å². The van der Waals surface area contributed by atoms with Crippen molar-refractivity contribution in [2.75, 3.05) is 21.0 Å². The van der Waals surface area contributed by atoms with Crippen LogP contribution < -0.4 is 18.9 Å². The zero-order chi connectivity index (χ0) is 21.5. The maximum atomic E-state index is 13.3. The van der Waals surface area contributed by atoms with Crippen molar-refractivity contribution in [3.8, 4) is 23.0 Å². The van der Waals surface area contributed by atoms with Gasteiger partial charge >= 0.3 is 0 Å². The Morgan fingerprint density at radius 1 is 1.13 bits per heavy atom. The number of carbonyl (C=O) groups is 1. The lowest BCUT2D eigenvalue weighted by Gasteiger charge is -2.34. The van der Waals surface area contributed by atoms with Gasteiger partial charge in [0.15, 0.2) is 5.76 Å². The molecule has 6 nitrogen and oxygen atoms in total. The number of carbonyl (C=O) groups excluding carboxylic acids is 1. The van der Waals surface area contributed by atoms with Crippen molar-refractivity contribution in [2.45, 2.75) is 45.2 Å². The number of fused-ring (bicyclic) bond motifs is 3. The molecule has 2 heterocycles. The number of hydrogen-bond acceptors (Lipinski definition) is 6. The Morgan fingerprint density at radius 2 is 1.94 bits per heavy atom. The first-order chi connectivity index (χ1) is 15.1. The van der Waals surface area contributed by atoms with E-state index in [0.717, 1.165) is 29.0 Å². The summed E-state index contributed by atoms with van der Waals surface area (Å²) in [6.07, 6.45) is 6.69. The first kappa shape index (κ1) is 19.9. The molecular formula is C25H27NO5. The van der Waals surface area contributed by atoms with Gasteiger partial charge in [0.1, 0.15) is 29.7 Å². The molecule has 0 atom stereocenters. The van der Waals surface area contributed by atoms with E-state index < -0.39 is 0 Å². The minimum Gasteiger partial charge on any atom is -0.497 e. The summed E-state index contributed by atoms with van der Waals surface area (Å²) in [6.45, 7) is 3.27. The maximum absolute atomic E-state index is 13.3. The number of rotatable bonds is 4. The molecule has 0 bridgehead atoms. The Hall–Kier alpha value is -2.99. The molecule has 1 aliphatic carbocycles. The Balaban J connectivity index is 1.51. The molecule has 0 amide bonds. The number of Topliss-reactive ketones (excluding diaryl/α,β-unsaturated/α-hetero) is 1. The maximum Gasteiger partial charge on any atom is 0.232 e. The van der Waals surface area contributed by atoms with E-state index >= 15 is 0 Å². The predicted octanol–water partition coefficient (Wildman–Crippen LogP) is 4.72. The summed E-state index contributed by atoms with van der Waals surface area (Å²) in [7, 11) is 3.20. The highest BCUT2D eigenvalue weighted by molar-refractivity contribution is 6.16. The summed E-state index contributed by atoms with van der Waals surface area (Å²) >= 11 is 0. The molecule has 5 rings (SSSR count). The molecule has 2 aromatic carbocycles. The fourth-order valence-corrected chi connectivity index (χ4v) is 4.83. The molecule has 0 unspecified atom stereocenters. The molecule has 6 heteroatoms. The largest absolute Gasteiger partial charge is 0.497 e. The number of aryl methyl sites for hydroxylation is 1. The van der Waals surface area contributed by atoms with E-state index in [0.29, 0.717) is 41.3 Å². The van der Waals surface area contributed by atoms with Gasteiger partial charge in [-0.25, -0.2) is 0 Å². The van der Waals surface area contributed by atoms with Crippen LogP contribution in [0.4, 0.5) is 0 Å². The van der Waals surface area contributed by atoms with Crippen LogP contribution in [0.1, 0.15) is 52.7 Å². The van der Waals surface area contributed by atoms with Crippen molar-refractivity contribution in [2.24, 2.45) is 0 Å². The first-order valence-electron chi connectivity index (χ1n) is 10.8. The second kappa shape index (κ2) is 7.93. The van der Waals surface area contributed by atoms with Gasteiger partial charge in [0, 0.05) is 24.2 Å². The number of ether oxygens (including phenoxy) is 4. The smallest absolute Gasteiger partial charge is 0.232 e. The third kappa shape index (κ3) is 3.45. The number of hydrogen-bond donors (Lipinski definition) is 0. The zero-order valence-corrected chi connectivity index (χ0v) is 18.2. The summed E-state index contributed by atoms with van der Waals surface area (Å²) in [5.41, 5.74) is 3.24. The van der Waals surface area contributed by atoms with Gasteiger partial charge in [-0.05, 0) is 49.6 Å². The van der Waals surface area contributed by atoms with E-state index in [1.165, 1.54) is 25.7 Å². The lowest BCUT2D eigenvalue weighted by Crippen LogP contribution is -2.39. The normalized spacial score (nSPS) is 19.7. The van der Waals surface area contributed by atoms with E-state index in [1.807, 2.05) is 25.1 Å². The molecule has 0 saturated heterocycles. The van der Waals surface area contributed by atoms with Crippen molar-refractivity contribution in [1.82, 2.24) is 4.90 Å². The van der Waals surface area contributed by atoms with Crippen molar-refractivity contribution < 1.29 is 23.7 Å². The second-order valence-electron chi connectivity index (χ2n) is 8.38. The molecule has 2 aromatic rings. The van der Waals surface area contributed by atoms with Crippen molar-refractivity contribution in [3.63, 3.8) is 0 Å². The molecule has 3 aliphatic rings. The molecule has 2 aliphatic heterocycles. The highest BCUT2D eigenvalue weighted by Crippen LogP contribution is 2.45. The Labute approximate surface area is 182 Å². The summed E-state index contributed by atoms with van der Waals surface area (Å²) < 4.78 is 23.0. The molecule has 1 fully saturated rings. The van der Waals surface area contributed by atoms with Crippen LogP contribution in [0.25, 0.3) is 6.08 Å². The first-order valence-corrected chi connectivity index (χ1v) is 10.8. The highest BCUT2D eigenvalue weighted by Gasteiger charge is 2.37. The van der Waals surface area contributed by atoms with E-state index in [1.54, 1.807) is 26.4 Å². The number of ketones is 1. The van der Waals surface area contributed by atoms with Crippen LogP contribution in [-0.4, -0.2) is 37.7 Å². The van der Waals surface area contributed by atoms with E-state index in [9.17, 15) is 4.79 Å². The molecule has 0 aromatic heterocycles. The molecule has 0 radical (unpaired) electrons. The average Bonchev–Trinajstić information content (AvgIpc) is 3.43. The fourth-order valence-electron chi connectivity index (χ4n) is 4.83. The molecule has 31 heavy (non-hydrogen) atoms. The summed E-state index contributed by atoms with van der Waals surface area (Å²) in [4.78, 5) is 15.6. The summed E-state index contributed by atoms with van der Waals surface area (Å²) in [5.74, 6) is 2.96. The number of nitrogens with zero attached hydrogens (tertiary/aromatic N) is 1. The van der Waals surface area contributed by atoms with Crippen LogP contribution in [0.5, 0.6) is 23.0 Å². The average molecular weight is 421 g/mol. The third-order valence-corrected chi connectivity index (χ3v) is 6.52. The van der Waals surface area contributed by atoms with Gasteiger partial charge in [0.05, 0.1) is 25.3 Å². The number of methoxy groups -OCH3 is 2. The van der Waals surface area contributed by atoms with Crippen LogP contribution in [0.2, 0.25) is 0 Å². The summed E-state index contributed by atoms with van der Waals surface area (Å²) in [6, 6.07) is 8.00. The number of allylic oxidation sites excluding steroid dienone is 1. The highest BCUT2D eigenvalue weighted by atomic mass is 16.5. The summed E-state index contributed by atoms with van der Waals surface area (Å²) in [5, 5.41) is 0. The van der Waals surface area contributed by atoms with Gasteiger partial charge in [-0.2, -0.15) is 0 Å². The van der Waals surface area contributed by atoms with Crippen molar-refractivity contribution in [1.29, 1.82) is 0 Å². The standard InChI is InChI=1S/C25H27NO5/c1-15-10-21-19(13-26(14-30-21)17-6-4-5-7-17)25-23(15)24(27)22(31-25)11-16-8-9-18(28-2)12-20(16)29-3/h8-12,17H,4-7,13-14H2,1-3H3/b22-11-. The zero-order valence-electron chi connectivity index (χ0n) is 18.2. The fraction of sp³-hybridized carbons (Fsp3) is 0.400. The lowest BCUT2D eigenvalue weighted by atomic mass is 9.98. The van der Waals surface area contributed by atoms with Gasteiger partial charge < -0.3 is 18.9 Å². The van der Waals surface area contributed by atoms with Crippen LogP contribution in [-0.2, 0) is 6.54 Å². The Morgan fingerprint density at radius 3 is 2.68 bits per heavy atom. The second-order valence-corrected chi connectivity index (χ2v) is 8.38. The third-order valence-electron chi connectivity index (χ3n) is 6.52. The van der Waals surface area contributed by atoms with Crippen molar-refractivity contribution in [3.05, 3.63) is 52.3 Å². The van der Waals surface area contributed by atoms with Crippen LogP contribution >= 0.6 is 0 Å². The van der Waals surface area contributed by atoms with Gasteiger partial charge in [-0.1, -0.05) is 12.8 Å². The molecule has 0 N–H and O–H groups in total. The van der Waals surface area contributed by atoms with Gasteiger partial charge in [0.2, 0.25) is 5.78 Å². The van der Waals surface area contributed by atoms with Gasteiger partial charge in [-0.3, -0.25) is 9.69 Å². The predicted molar refractivity (Wildman–Crippen MR) is 117 cm³/mol. The topological polar surface area (TPSA) is 57.2 Å². The minimum absolute atomic E-state index is 0.105. The van der Waals surface area contributed by atoms with Crippen LogP contribution in [0.3, 0.4) is 0 Å². The van der Waals surface area contributed by atoms with E-state index in [4.69, 9.17) is 18.9 Å². The Kier molecular flexibility index (Phi) is 5.10. The van der Waals surface area contributed by atoms with Gasteiger partial charge in [0.25, 0.3) is 0 Å². The van der Waals surface area contributed by atoms with E-state index in [-0.39, 0.29) is 5.78 Å². The molecular weight excluding hydrogens is 394 g/mol. The van der Waals surface area contributed by atoms with Crippen LogP contribution in [0.15, 0.2) is 30.0 Å². The monoisotopic (exact) mass is 421 g/mol. The molecule has 1 saturated carbocycles. The van der Waals surface area contributed by atoms with Gasteiger partial charge in [-0.15, -0.1) is 0 Å². The molecule has 0 spiro atoms. The number of benzene rings is 2. The molecule has 162 valence electrons. The minimum atomic E-state index is -0.105. The lowest BCUT2D eigenvalue weighted by molar-refractivity contribution is 0.0567. The van der Waals surface area contributed by atoms with E-state index in [2.05, 4.69) is 4.90 Å². The Bertz CT molecular complexity index is 1070. The SMILES string of the molecule is COc1ccc(/C=C2\Oc3c4c(cc(C)c3C2=O)OCN(C2CCCC2)C4)c(OC)c1. The van der Waals surface area contributed by atoms with Crippen molar-refractivity contribution >= 4 is 11.9 Å².